The van der Waals surface area contributed by atoms with Gasteiger partial charge in [0.2, 0.25) is 5.95 Å². The van der Waals surface area contributed by atoms with Crippen LogP contribution < -0.4 is 10.1 Å². The summed E-state index contributed by atoms with van der Waals surface area (Å²) in [5, 5.41) is 2.98. The Morgan fingerprint density at radius 3 is 2.57 bits per heavy atom. The molecule has 0 atom stereocenters. The van der Waals surface area contributed by atoms with Gasteiger partial charge in [-0.1, -0.05) is 24.3 Å². The zero-order valence-corrected chi connectivity index (χ0v) is 19.2. The first-order chi connectivity index (χ1) is 16.7. The summed E-state index contributed by atoms with van der Waals surface area (Å²) >= 11 is 0. The highest BCUT2D eigenvalue weighted by atomic mass is 32.2. The van der Waals surface area contributed by atoms with E-state index in [1.807, 2.05) is 0 Å². The van der Waals surface area contributed by atoms with E-state index in [0.29, 0.717) is 16.8 Å². The smallest absolute Gasteiger partial charge is 0.230 e. The van der Waals surface area contributed by atoms with Crippen molar-refractivity contribution in [3.8, 4) is 17.1 Å². The Bertz CT molecular complexity index is 1480. The van der Waals surface area contributed by atoms with Crippen molar-refractivity contribution in [1.29, 1.82) is 0 Å². The third-order valence-electron chi connectivity index (χ3n) is 4.78. The van der Waals surface area contributed by atoms with E-state index in [-0.39, 0.29) is 35.4 Å². The summed E-state index contributed by atoms with van der Waals surface area (Å²) in [7, 11) is -3.21. The summed E-state index contributed by atoms with van der Waals surface area (Å²) < 4.78 is 70.1. The molecule has 0 saturated carbocycles. The molecule has 0 aliphatic rings. The van der Waals surface area contributed by atoms with Crippen molar-refractivity contribution in [3.05, 3.63) is 95.6 Å². The lowest BCUT2D eigenvalue weighted by atomic mass is 10.1. The monoisotopic (exact) mass is 500 g/mol. The fraction of sp³-hybridized carbons (Fsp3) is 0.125. The molecular weight excluding hydrogens is 481 g/mol. The predicted octanol–water partition coefficient (Wildman–Crippen LogP) is 4.82. The average molecular weight is 501 g/mol. The average Bonchev–Trinajstić information content (AvgIpc) is 2.79. The zero-order chi connectivity index (χ0) is 25.0. The first-order valence-electron chi connectivity index (χ1n) is 10.3. The van der Waals surface area contributed by atoms with Crippen LogP contribution in [0.3, 0.4) is 0 Å². The number of nitrogens with one attached hydrogen (secondary N) is 1. The third-order valence-corrected chi connectivity index (χ3v) is 5.64. The van der Waals surface area contributed by atoms with E-state index in [4.69, 9.17) is 4.74 Å². The Kier molecular flexibility index (Phi) is 6.97. The van der Waals surface area contributed by atoms with E-state index in [2.05, 4.69) is 20.3 Å². The van der Waals surface area contributed by atoms with E-state index >= 15 is 0 Å². The van der Waals surface area contributed by atoms with Crippen molar-refractivity contribution in [2.45, 2.75) is 12.4 Å². The summed E-state index contributed by atoms with van der Waals surface area (Å²) in [6.45, 7) is -0.344. The van der Waals surface area contributed by atoms with E-state index in [1.165, 1.54) is 30.6 Å². The van der Waals surface area contributed by atoms with Gasteiger partial charge in [-0.15, -0.1) is 0 Å². The molecule has 0 aliphatic carbocycles. The number of hydrogen-bond donors (Lipinski definition) is 1. The maximum atomic E-state index is 14.0. The second kappa shape index (κ2) is 10.1. The Labute approximate surface area is 199 Å². The van der Waals surface area contributed by atoms with Crippen LogP contribution >= 0.6 is 0 Å². The zero-order valence-electron chi connectivity index (χ0n) is 18.4. The molecule has 1 N–H and O–H groups in total. The summed E-state index contributed by atoms with van der Waals surface area (Å²) in [5.41, 5.74) is 1.41. The van der Waals surface area contributed by atoms with Gasteiger partial charge in [-0.2, -0.15) is 4.98 Å². The first kappa shape index (κ1) is 24.1. The first-order valence-corrected chi connectivity index (χ1v) is 12.3. The van der Waals surface area contributed by atoms with Crippen molar-refractivity contribution < 1.29 is 26.3 Å². The lowest BCUT2D eigenvalue weighted by Crippen LogP contribution is -2.04. The molecule has 0 fully saturated rings. The van der Waals surface area contributed by atoms with E-state index in [1.54, 1.807) is 24.3 Å². The molecule has 0 amide bonds. The minimum atomic E-state index is -3.21. The van der Waals surface area contributed by atoms with Gasteiger partial charge in [-0.05, 0) is 35.9 Å². The van der Waals surface area contributed by atoms with Crippen LogP contribution in [0.1, 0.15) is 11.1 Å². The van der Waals surface area contributed by atoms with Gasteiger partial charge < -0.3 is 10.1 Å². The largest absolute Gasteiger partial charge is 0.488 e. The Morgan fingerprint density at radius 2 is 1.77 bits per heavy atom. The molecule has 3 aromatic carbocycles. The van der Waals surface area contributed by atoms with Crippen LogP contribution in [0.25, 0.3) is 11.4 Å². The molecule has 0 bridgehead atoms. The summed E-state index contributed by atoms with van der Waals surface area (Å²) in [6, 6.07) is 14.1. The van der Waals surface area contributed by atoms with Crippen molar-refractivity contribution in [3.63, 3.8) is 0 Å². The molecule has 7 nitrogen and oxygen atoms in total. The van der Waals surface area contributed by atoms with Gasteiger partial charge in [-0.25, -0.2) is 31.6 Å². The molecule has 0 spiro atoms. The van der Waals surface area contributed by atoms with Crippen molar-refractivity contribution >= 4 is 21.5 Å². The number of benzene rings is 3. The van der Waals surface area contributed by atoms with Crippen LogP contribution in [0.4, 0.5) is 24.8 Å². The van der Waals surface area contributed by atoms with Crippen molar-refractivity contribution in [2.24, 2.45) is 0 Å². The molecule has 4 rings (SSSR count). The lowest BCUT2D eigenvalue weighted by molar-refractivity contribution is 0.297. The molecule has 0 unspecified atom stereocenters. The van der Waals surface area contributed by atoms with Gasteiger partial charge in [0, 0.05) is 23.6 Å². The number of anilines is 2. The molecule has 11 heteroatoms. The standard InChI is InChI=1S/C24H19F3N4O3S/c1-35(32,33)13-15-4-2-6-18(10-15)30-24-29-14-28-23(31-24)19-9-8-17(25)11-21(19)34-12-16-5-3-7-20(26)22(16)27/h2-11,14H,12-13H2,1H3,(H,28,29,30,31). The van der Waals surface area contributed by atoms with Gasteiger partial charge in [0.05, 0.1) is 11.3 Å². The van der Waals surface area contributed by atoms with Gasteiger partial charge in [0.1, 0.15) is 24.5 Å². The number of rotatable bonds is 8. The van der Waals surface area contributed by atoms with Gasteiger partial charge >= 0.3 is 0 Å². The normalized spacial score (nSPS) is 11.3. The summed E-state index contributed by atoms with van der Waals surface area (Å²) in [5.74, 6) is -2.45. The van der Waals surface area contributed by atoms with Gasteiger partial charge in [0.15, 0.2) is 27.3 Å². The quantitative estimate of drug-likeness (QED) is 0.371. The number of halogens is 3. The summed E-state index contributed by atoms with van der Waals surface area (Å²) in [6.07, 6.45) is 2.39. The van der Waals surface area contributed by atoms with Crippen LogP contribution in [-0.2, 0) is 22.2 Å². The number of hydrogen-bond acceptors (Lipinski definition) is 7. The minimum Gasteiger partial charge on any atom is -0.488 e. The van der Waals surface area contributed by atoms with Crippen LogP contribution in [0.15, 0.2) is 67.0 Å². The number of ether oxygens (including phenoxy) is 1. The molecule has 0 saturated heterocycles. The van der Waals surface area contributed by atoms with Crippen LogP contribution in [-0.4, -0.2) is 29.6 Å². The molecular formula is C24H19F3N4O3S. The number of nitrogens with zero attached hydrogens (tertiary/aromatic N) is 3. The summed E-state index contributed by atoms with van der Waals surface area (Å²) in [4.78, 5) is 12.5. The predicted molar refractivity (Wildman–Crippen MR) is 124 cm³/mol. The van der Waals surface area contributed by atoms with Crippen molar-refractivity contribution in [2.75, 3.05) is 11.6 Å². The molecule has 35 heavy (non-hydrogen) atoms. The molecule has 0 radical (unpaired) electrons. The maximum absolute atomic E-state index is 14.0. The molecule has 4 aromatic rings. The van der Waals surface area contributed by atoms with Gasteiger partial charge in [0.25, 0.3) is 0 Å². The fourth-order valence-electron chi connectivity index (χ4n) is 3.27. The Hall–Kier alpha value is -3.99. The highest BCUT2D eigenvalue weighted by molar-refractivity contribution is 7.89. The maximum Gasteiger partial charge on any atom is 0.230 e. The number of sulfone groups is 1. The topological polar surface area (TPSA) is 94.1 Å². The molecule has 1 aromatic heterocycles. The van der Waals surface area contributed by atoms with Gasteiger partial charge in [-0.3, -0.25) is 0 Å². The highest BCUT2D eigenvalue weighted by Gasteiger charge is 2.15. The minimum absolute atomic E-state index is 0.0287. The van der Waals surface area contributed by atoms with Crippen LogP contribution in [0, 0.1) is 17.5 Å². The third kappa shape index (κ3) is 6.33. The molecule has 0 aliphatic heterocycles. The fourth-order valence-corrected chi connectivity index (χ4v) is 4.06. The van der Waals surface area contributed by atoms with Crippen LogP contribution in [0.5, 0.6) is 5.75 Å². The van der Waals surface area contributed by atoms with E-state index in [0.717, 1.165) is 18.4 Å². The Balaban J connectivity index is 1.59. The van der Waals surface area contributed by atoms with E-state index < -0.39 is 27.3 Å². The lowest BCUT2D eigenvalue weighted by Gasteiger charge is -2.12. The van der Waals surface area contributed by atoms with Crippen LogP contribution in [0.2, 0.25) is 0 Å². The number of aromatic nitrogens is 3. The Morgan fingerprint density at radius 1 is 0.971 bits per heavy atom. The molecule has 1 heterocycles. The second-order valence-electron chi connectivity index (χ2n) is 7.67. The second-order valence-corrected chi connectivity index (χ2v) is 9.81. The SMILES string of the molecule is CS(=O)(=O)Cc1cccc(Nc2ncnc(-c3ccc(F)cc3OCc3cccc(F)c3F)n2)c1. The van der Waals surface area contributed by atoms with Crippen molar-refractivity contribution in [1.82, 2.24) is 15.0 Å². The molecule has 180 valence electrons. The highest BCUT2D eigenvalue weighted by Crippen LogP contribution is 2.30. The van der Waals surface area contributed by atoms with E-state index in [9.17, 15) is 21.6 Å².